The minimum absolute atomic E-state index is 0.154. The lowest BCUT2D eigenvalue weighted by atomic mass is 10.1. The van der Waals surface area contributed by atoms with Crippen molar-refractivity contribution >= 4 is 50.3 Å². The second-order valence-corrected chi connectivity index (χ2v) is 9.02. The number of carbonyl (C=O) groups excluding carboxylic acids is 2. The van der Waals surface area contributed by atoms with E-state index in [9.17, 15) is 9.59 Å². The van der Waals surface area contributed by atoms with Crippen molar-refractivity contribution in [1.82, 2.24) is 10.7 Å². The molecule has 2 amide bonds. The Balaban J connectivity index is 1.66. The van der Waals surface area contributed by atoms with E-state index in [4.69, 9.17) is 0 Å². The molecule has 0 fully saturated rings. The summed E-state index contributed by atoms with van der Waals surface area (Å²) in [5, 5.41) is 10.1. The van der Waals surface area contributed by atoms with Gasteiger partial charge in [-0.05, 0) is 58.9 Å². The lowest BCUT2D eigenvalue weighted by Gasteiger charge is -2.30. The quantitative estimate of drug-likeness (QED) is 0.295. The molecule has 1 aromatic heterocycles. The molecular weight excluding hydrogens is 458 g/mol. The number of rotatable bonds is 11. The van der Waals surface area contributed by atoms with Crippen molar-refractivity contribution in [2.75, 3.05) is 42.5 Å². The molecule has 2 N–H and O–H groups in total. The van der Waals surface area contributed by atoms with Gasteiger partial charge in [0, 0.05) is 52.8 Å². The summed E-state index contributed by atoms with van der Waals surface area (Å²) in [6.45, 7) is 13.6. The van der Waals surface area contributed by atoms with Gasteiger partial charge < -0.3 is 15.1 Å². The van der Waals surface area contributed by atoms with Gasteiger partial charge in [0.1, 0.15) is 0 Å². The Hall–Kier alpha value is -3.39. The minimum Gasteiger partial charge on any atom is -0.370 e. The molecule has 8 heteroatoms. The average Bonchev–Trinajstić information content (AvgIpc) is 3.32. The number of hydrogen-bond acceptors (Lipinski definition) is 6. The van der Waals surface area contributed by atoms with Crippen LogP contribution in [-0.4, -0.2) is 50.2 Å². The molecule has 1 heterocycles. The summed E-state index contributed by atoms with van der Waals surface area (Å²) in [5.41, 5.74) is 6.93. The highest BCUT2D eigenvalue weighted by molar-refractivity contribution is 7.17. The van der Waals surface area contributed by atoms with E-state index in [2.05, 4.69) is 59.4 Å². The van der Waals surface area contributed by atoms with E-state index in [1.54, 1.807) is 11.3 Å². The van der Waals surface area contributed by atoms with Gasteiger partial charge in [0.05, 0.1) is 23.6 Å². The van der Waals surface area contributed by atoms with Crippen LogP contribution in [0.2, 0.25) is 0 Å². The highest BCUT2D eigenvalue weighted by Gasteiger charge is 2.17. The summed E-state index contributed by atoms with van der Waals surface area (Å²) in [5.74, 6) is -0.662. The number of hydrazone groups is 1. The van der Waals surface area contributed by atoms with Crippen LogP contribution in [0.1, 0.15) is 50.5 Å². The van der Waals surface area contributed by atoms with Crippen molar-refractivity contribution < 1.29 is 9.59 Å². The van der Waals surface area contributed by atoms with E-state index in [1.165, 1.54) is 4.70 Å². The summed E-state index contributed by atoms with van der Waals surface area (Å²) >= 11 is 1.64. The number of fused-ring (bicyclic) bond motifs is 1. The molecule has 0 spiro atoms. The lowest BCUT2D eigenvalue weighted by molar-refractivity contribution is -0.120. The SMILES string of the molecule is CCN(CC)c1ccc(C(=O)NCC(=O)N/N=C(\C)c2csc3ccccc23)cc1N(CC)CC. The van der Waals surface area contributed by atoms with Crippen molar-refractivity contribution in [3.05, 3.63) is 59.0 Å². The molecule has 0 aliphatic rings. The third-order valence-electron chi connectivity index (χ3n) is 6.07. The third kappa shape index (κ3) is 6.19. The van der Waals surface area contributed by atoms with Crippen LogP contribution < -0.4 is 20.5 Å². The van der Waals surface area contributed by atoms with Gasteiger partial charge in [-0.3, -0.25) is 9.59 Å². The Labute approximate surface area is 211 Å². The van der Waals surface area contributed by atoms with Gasteiger partial charge in [0.25, 0.3) is 11.8 Å². The number of hydrogen-bond donors (Lipinski definition) is 2. The van der Waals surface area contributed by atoms with Gasteiger partial charge in [-0.1, -0.05) is 18.2 Å². The van der Waals surface area contributed by atoms with E-state index >= 15 is 0 Å². The summed E-state index contributed by atoms with van der Waals surface area (Å²) in [6, 6.07) is 13.8. The minimum atomic E-state index is -0.374. The number of amides is 2. The van der Waals surface area contributed by atoms with Crippen molar-refractivity contribution in [2.45, 2.75) is 34.6 Å². The van der Waals surface area contributed by atoms with Crippen LogP contribution in [0.3, 0.4) is 0 Å². The van der Waals surface area contributed by atoms with Crippen LogP contribution in [0.5, 0.6) is 0 Å². The number of benzene rings is 2. The van der Waals surface area contributed by atoms with Crippen molar-refractivity contribution in [1.29, 1.82) is 0 Å². The molecule has 0 saturated carbocycles. The lowest BCUT2D eigenvalue weighted by Crippen LogP contribution is -2.35. The molecule has 0 unspecified atom stereocenters. The third-order valence-corrected chi connectivity index (χ3v) is 7.04. The van der Waals surface area contributed by atoms with Crippen LogP contribution in [0.15, 0.2) is 52.9 Å². The number of carbonyl (C=O) groups is 2. The van der Waals surface area contributed by atoms with E-state index in [0.717, 1.165) is 54.2 Å². The van der Waals surface area contributed by atoms with Gasteiger partial charge in [-0.25, -0.2) is 5.43 Å². The second-order valence-electron chi connectivity index (χ2n) is 8.11. The molecule has 3 aromatic rings. The Kier molecular flexibility index (Phi) is 9.25. The predicted octanol–water partition coefficient (Wildman–Crippen LogP) is 4.86. The highest BCUT2D eigenvalue weighted by atomic mass is 32.1. The van der Waals surface area contributed by atoms with Crippen LogP contribution in [-0.2, 0) is 4.79 Å². The maximum atomic E-state index is 12.8. The standard InChI is InChI=1S/C27H35N5O2S/c1-6-31(7-2)23-15-14-20(16-24(23)32(8-3)9-4)27(34)28-17-26(33)30-29-19(5)22-18-35-25-13-11-10-12-21(22)25/h10-16,18H,6-9,17H2,1-5H3,(H,28,34)(H,30,33)/b29-19+. The van der Waals surface area contributed by atoms with E-state index in [0.29, 0.717) is 5.56 Å². The van der Waals surface area contributed by atoms with E-state index in [-0.39, 0.29) is 18.4 Å². The molecule has 0 radical (unpaired) electrons. The van der Waals surface area contributed by atoms with Crippen LogP contribution >= 0.6 is 11.3 Å². The van der Waals surface area contributed by atoms with Crippen molar-refractivity contribution in [2.24, 2.45) is 5.10 Å². The monoisotopic (exact) mass is 493 g/mol. The molecule has 186 valence electrons. The molecule has 0 bridgehead atoms. The fourth-order valence-electron chi connectivity index (χ4n) is 4.08. The first-order chi connectivity index (χ1) is 16.9. The Morgan fingerprint density at radius 3 is 2.26 bits per heavy atom. The average molecular weight is 494 g/mol. The van der Waals surface area contributed by atoms with Gasteiger partial charge in [0.2, 0.25) is 0 Å². The fraction of sp³-hybridized carbons (Fsp3) is 0.370. The van der Waals surface area contributed by atoms with E-state index in [1.807, 2.05) is 48.7 Å². The van der Waals surface area contributed by atoms with Crippen molar-refractivity contribution in [3.8, 4) is 0 Å². The Morgan fingerprint density at radius 2 is 1.57 bits per heavy atom. The molecule has 0 atom stereocenters. The Morgan fingerprint density at radius 1 is 0.914 bits per heavy atom. The van der Waals surface area contributed by atoms with Gasteiger partial charge in [-0.2, -0.15) is 5.10 Å². The maximum Gasteiger partial charge on any atom is 0.259 e. The molecule has 7 nitrogen and oxygen atoms in total. The normalized spacial score (nSPS) is 11.4. The van der Waals surface area contributed by atoms with Gasteiger partial charge in [-0.15, -0.1) is 11.3 Å². The molecular formula is C27H35N5O2S. The number of nitrogens with zero attached hydrogens (tertiary/aromatic N) is 3. The van der Waals surface area contributed by atoms with Crippen LogP contribution in [0.25, 0.3) is 10.1 Å². The van der Waals surface area contributed by atoms with Gasteiger partial charge >= 0.3 is 0 Å². The molecule has 2 aromatic carbocycles. The second kappa shape index (κ2) is 12.4. The predicted molar refractivity (Wildman–Crippen MR) is 148 cm³/mol. The van der Waals surface area contributed by atoms with Crippen LogP contribution in [0.4, 0.5) is 11.4 Å². The topological polar surface area (TPSA) is 77.0 Å². The molecule has 0 aliphatic carbocycles. The number of thiophene rings is 1. The molecule has 0 aliphatic heterocycles. The molecule has 3 rings (SSSR count). The zero-order chi connectivity index (χ0) is 25.4. The maximum absolute atomic E-state index is 12.8. The summed E-state index contributed by atoms with van der Waals surface area (Å²) in [4.78, 5) is 29.7. The Bertz CT molecular complexity index is 1200. The molecule has 0 saturated heterocycles. The smallest absolute Gasteiger partial charge is 0.259 e. The first-order valence-electron chi connectivity index (χ1n) is 12.1. The highest BCUT2D eigenvalue weighted by Crippen LogP contribution is 2.31. The summed E-state index contributed by atoms with van der Waals surface area (Å²) in [7, 11) is 0. The first-order valence-corrected chi connectivity index (χ1v) is 13.0. The van der Waals surface area contributed by atoms with Crippen molar-refractivity contribution in [3.63, 3.8) is 0 Å². The van der Waals surface area contributed by atoms with Crippen LogP contribution in [0, 0.1) is 0 Å². The number of anilines is 2. The summed E-state index contributed by atoms with van der Waals surface area (Å²) < 4.78 is 1.17. The fourth-order valence-corrected chi connectivity index (χ4v) is 5.08. The first kappa shape index (κ1) is 26.2. The largest absolute Gasteiger partial charge is 0.370 e. The molecule has 35 heavy (non-hydrogen) atoms. The summed E-state index contributed by atoms with van der Waals surface area (Å²) in [6.07, 6.45) is 0. The van der Waals surface area contributed by atoms with Gasteiger partial charge in [0.15, 0.2) is 0 Å². The zero-order valence-corrected chi connectivity index (χ0v) is 22.0. The number of nitrogens with one attached hydrogen (secondary N) is 2. The van der Waals surface area contributed by atoms with E-state index < -0.39 is 0 Å². The zero-order valence-electron chi connectivity index (χ0n) is 21.2.